The lowest BCUT2D eigenvalue weighted by Crippen LogP contribution is -2.50. The van der Waals surface area contributed by atoms with Gasteiger partial charge in [0.1, 0.15) is 11.7 Å². The van der Waals surface area contributed by atoms with Crippen LogP contribution < -0.4 is 10.6 Å². The van der Waals surface area contributed by atoms with E-state index in [1.54, 1.807) is 0 Å². The second-order valence-electron chi connectivity index (χ2n) is 13.7. The van der Waals surface area contributed by atoms with Crippen LogP contribution in [0.3, 0.4) is 0 Å². The van der Waals surface area contributed by atoms with Crippen molar-refractivity contribution in [2.24, 2.45) is 33.7 Å². The zero-order valence-electron chi connectivity index (χ0n) is 25.3. The summed E-state index contributed by atoms with van der Waals surface area (Å²) in [4.78, 5) is 41.0. The van der Waals surface area contributed by atoms with Gasteiger partial charge in [-0.25, -0.2) is 4.79 Å². The summed E-state index contributed by atoms with van der Waals surface area (Å²) < 4.78 is 10.8. The normalized spacial score (nSPS) is 34.0. The van der Waals surface area contributed by atoms with E-state index in [9.17, 15) is 14.4 Å². The minimum atomic E-state index is -0.533. The van der Waals surface area contributed by atoms with Crippen molar-refractivity contribution in [2.45, 2.75) is 111 Å². The molecule has 0 heterocycles. The van der Waals surface area contributed by atoms with Crippen LogP contribution in [0.1, 0.15) is 99.3 Å². The zero-order chi connectivity index (χ0) is 29.1. The van der Waals surface area contributed by atoms with Crippen LogP contribution in [0.2, 0.25) is 0 Å². The highest BCUT2D eigenvalue weighted by Gasteiger charge is 2.58. The number of amides is 2. The Morgan fingerprint density at radius 2 is 1.73 bits per heavy atom. The Labute approximate surface area is 239 Å². The number of rotatable bonds is 8. The SMILES string of the molecule is CC(=O)O[C@H]1CC[C@@]2(C)C(=CC[C@@H]3[C@@H]2CC[C@]2(C)/C(=N/OCC(=O)NCCCNC(=O)OC(C)(C)C)CC[C@@H]32)C1. The highest BCUT2D eigenvalue weighted by Crippen LogP contribution is 2.64. The van der Waals surface area contributed by atoms with Gasteiger partial charge in [-0.1, -0.05) is 30.7 Å². The molecule has 9 heteroatoms. The van der Waals surface area contributed by atoms with Crippen LogP contribution in [0.25, 0.3) is 0 Å². The van der Waals surface area contributed by atoms with Gasteiger partial charge in [0.15, 0.2) is 6.61 Å². The molecular formula is C31H49N3O6. The lowest BCUT2D eigenvalue weighted by molar-refractivity contribution is -0.148. The van der Waals surface area contributed by atoms with Gasteiger partial charge in [0.25, 0.3) is 5.91 Å². The molecule has 0 aromatic carbocycles. The third kappa shape index (κ3) is 6.82. The van der Waals surface area contributed by atoms with E-state index in [4.69, 9.17) is 14.3 Å². The summed E-state index contributed by atoms with van der Waals surface area (Å²) in [5.41, 5.74) is 2.27. The number of hydrogen-bond acceptors (Lipinski definition) is 7. The molecule has 2 amide bonds. The van der Waals surface area contributed by atoms with Crippen LogP contribution in [0.15, 0.2) is 16.8 Å². The molecule has 4 aliphatic carbocycles. The fourth-order valence-electron chi connectivity index (χ4n) is 7.94. The van der Waals surface area contributed by atoms with Crippen LogP contribution in [-0.2, 0) is 23.9 Å². The first-order valence-electron chi connectivity index (χ1n) is 15.1. The molecule has 0 bridgehead atoms. The second-order valence-corrected chi connectivity index (χ2v) is 13.7. The van der Waals surface area contributed by atoms with Gasteiger partial charge >= 0.3 is 12.1 Å². The van der Waals surface area contributed by atoms with Gasteiger partial charge in [0.05, 0.1) is 5.71 Å². The molecule has 0 saturated heterocycles. The summed E-state index contributed by atoms with van der Waals surface area (Å²) in [5.74, 6) is 1.46. The van der Waals surface area contributed by atoms with Gasteiger partial charge < -0.3 is 24.9 Å². The number of hydrogen-bond donors (Lipinski definition) is 2. The number of nitrogens with one attached hydrogen (secondary N) is 2. The van der Waals surface area contributed by atoms with Crippen molar-refractivity contribution in [3.8, 4) is 0 Å². The number of carbonyl (C=O) groups is 3. The Morgan fingerprint density at radius 3 is 2.45 bits per heavy atom. The molecule has 0 aromatic rings. The second kappa shape index (κ2) is 12.1. The van der Waals surface area contributed by atoms with E-state index >= 15 is 0 Å². The molecule has 0 aliphatic heterocycles. The highest BCUT2D eigenvalue weighted by molar-refractivity contribution is 5.92. The van der Waals surface area contributed by atoms with Crippen molar-refractivity contribution >= 4 is 23.7 Å². The number of oxime groups is 1. The molecule has 4 rings (SSSR count). The van der Waals surface area contributed by atoms with Crippen LogP contribution in [-0.4, -0.2) is 55.1 Å². The topological polar surface area (TPSA) is 115 Å². The summed E-state index contributed by atoms with van der Waals surface area (Å²) in [6, 6.07) is 0. The lowest BCUT2D eigenvalue weighted by Gasteiger charge is -2.57. The van der Waals surface area contributed by atoms with Crippen molar-refractivity contribution in [3.63, 3.8) is 0 Å². The monoisotopic (exact) mass is 559 g/mol. The number of nitrogens with zero attached hydrogens (tertiary/aromatic N) is 1. The van der Waals surface area contributed by atoms with Crippen LogP contribution >= 0.6 is 0 Å². The first-order chi connectivity index (χ1) is 18.8. The zero-order valence-corrected chi connectivity index (χ0v) is 25.3. The number of carbonyl (C=O) groups excluding carboxylic acids is 3. The van der Waals surface area contributed by atoms with Crippen LogP contribution in [0, 0.1) is 28.6 Å². The standard InChI is InChI=1S/C31H49N3O6/c1-20(35)39-22-12-14-30(5)21(18-22)8-9-23-24-10-11-26(31(24,6)15-13-25(23)30)34-38-19-27(36)32-16-7-17-33-28(37)40-29(2,3)4/h8,22-25H,7,9-19H2,1-6H3,(H,32,36)(H,33,37)/b34-26+/t22-,23-,24-,25-,30-,31-/m0/s1. The smallest absolute Gasteiger partial charge is 0.407 e. The number of esters is 1. The molecule has 3 saturated carbocycles. The van der Waals surface area contributed by atoms with Crippen molar-refractivity contribution < 1.29 is 28.7 Å². The molecule has 40 heavy (non-hydrogen) atoms. The van der Waals surface area contributed by atoms with E-state index in [1.807, 2.05) is 20.8 Å². The maximum absolute atomic E-state index is 12.3. The van der Waals surface area contributed by atoms with E-state index < -0.39 is 11.7 Å². The average Bonchev–Trinajstić information content (AvgIpc) is 3.19. The maximum atomic E-state index is 12.3. The Bertz CT molecular complexity index is 1030. The molecule has 0 aromatic heterocycles. The maximum Gasteiger partial charge on any atom is 0.407 e. The van der Waals surface area contributed by atoms with Gasteiger partial charge in [-0.15, -0.1) is 0 Å². The van der Waals surface area contributed by atoms with Gasteiger partial charge in [-0.2, -0.15) is 0 Å². The quantitative estimate of drug-likeness (QED) is 0.181. The summed E-state index contributed by atoms with van der Waals surface area (Å²) >= 11 is 0. The van der Waals surface area contributed by atoms with E-state index in [0.29, 0.717) is 37.3 Å². The van der Waals surface area contributed by atoms with Crippen molar-refractivity contribution in [1.29, 1.82) is 0 Å². The first kappa shape index (κ1) is 30.4. The largest absolute Gasteiger partial charge is 0.462 e. The third-order valence-corrected chi connectivity index (χ3v) is 9.85. The van der Waals surface area contributed by atoms with Gasteiger partial charge in [0, 0.05) is 31.8 Å². The van der Waals surface area contributed by atoms with E-state index in [-0.39, 0.29) is 35.4 Å². The molecule has 6 atom stereocenters. The molecule has 0 radical (unpaired) electrons. The minimum absolute atomic E-state index is 0.0155. The number of fused-ring (bicyclic) bond motifs is 5. The van der Waals surface area contributed by atoms with E-state index in [2.05, 4.69) is 35.7 Å². The molecule has 2 N–H and O–H groups in total. The lowest BCUT2D eigenvalue weighted by atomic mass is 9.48. The van der Waals surface area contributed by atoms with Gasteiger partial charge in [-0.05, 0) is 95.3 Å². The fourth-order valence-corrected chi connectivity index (χ4v) is 7.94. The predicted molar refractivity (Wildman–Crippen MR) is 153 cm³/mol. The fraction of sp³-hybridized carbons (Fsp3) is 0.806. The number of ether oxygens (including phenoxy) is 2. The Hall–Kier alpha value is -2.58. The Balaban J connectivity index is 1.24. The minimum Gasteiger partial charge on any atom is -0.462 e. The van der Waals surface area contributed by atoms with Crippen molar-refractivity contribution in [1.82, 2.24) is 10.6 Å². The third-order valence-electron chi connectivity index (χ3n) is 9.85. The molecule has 224 valence electrons. The summed E-state index contributed by atoms with van der Waals surface area (Å²) in [6.45, 7) is 12.5. The predicted octanol–water partition coefficient (Wildman–Crippen LogP) is 5.28. The Morgan fingerprint density at radius 1 is 1.02 bits per heavy atom. The van der Waals surface area contributed by atoms with Crippen LogP contribution in [0.4, 0.5) is 4.79 Å². The number of allylic oxidation sites excluding steroid dienone is 1. The summed E-state index contributed by atoms with van der Waals surface area (Å²) in [5, 5.41) is 10.0. The van der Waals surface area contributed by atoms with E-state index in [1.165, 1.54) is 18.9 Å². The molecule has 9 nitrogen and oxygen atoms in total. The van der Waals surface area contributed by atoms with Gasteiger partial charge in [-0.3, -0.25) is 9.59 Å². The van der Waals surface area contributed by atoms with Crippen molar-refractivity contribution in [3.05, 3.63) is 11.6 Å². The molecule has 0 unspecified atom stereocenters. The van der Waals surface area contributed by atoms with E-state index in [0.717, 1.165) is 50.7 Å². The Kier molecular flexibility index (Phi) is 9.20. The number of alkyl carbamates (subject to hydrolysis) is 1. The average molecular weight is 560 g/mol. The molecule has 3 fully saturated rings. The van der Waals surface area contributed by atoms with Crippen LogP contribution in [0.5, 0.6) is 0 Å². The van der Waals surface area contributed by atoms with Gasteiger partial charge in [0.2, 0.25) is 0 Å². The van der Waals surface area contributed by atoms with Crippen molar-refractivity contribution in [2.75, 3.05) is 19.7 Å². The first-order valence-corrected chi connectivity index (χ1v) is 15.1. The molecular weight excluding hydrogens is 510 g/mol. The summed E-state index contributed by atoms with van der Waals surface area (Å²) in [7, 11) is 0. The molecule has 0 spiro atoms. The highest BCUT2D eigenvalue weighted by atomic mass is 16.6. The summed E-state index contributed by atoms with van der Waals surface area (Å²) in [6.07, 6.45) is 10.9. The molecule has 4 aliphatic rings.